The number of carbonyl (C=O) groups is 1. The highest BCUT2D eigenvalue weighted by Crippen LogP contribution is 2.15. The minimum atomic E-state index is 0. The average Bonchev–Trinajstić information content (AvgIpc) is 2.35. The van der Waals surface area contributed by atoms with Crippen molar-refractivity contribution in [3.63, 3.8) is 0 Å². The van der Waals surface area contributed by atoms with Crippen molar-refractivity contribution in [3.05, 3.63) is 0 Å². The van der Waals surface area contributed by atoms with Gasteiger partial charge in [-0.2, -0.15) is 0 Å². The van der Waals surface area contributed by atoms with E-state index in [0.717, 1.165) is 32.5 Å². The second-order valence-corrected chi connectivity index (χ2v) is 5.55. The maximum Gasteiger partial charge on any atom is 0.221 e. The van der Waals surface area contributed by atoms with Crippen LogP contribution in [0.3, 0.4) is 0 Å². The van der Waals surface area contributed by atoms with Crippen molar-refractivity contribution in [3.8, 4) is 0 Å². The van der Waals surface area contributed by atoms with Crippen LogP contribution in [0, 0.1) is 0 Å². The first-order valence-electron chi connectivity index (χ1n) is 6.96. The Bertz CT molecular complexity index is 289. The third-order valence-electron chi connectivity index (χ3n) is 4.00. The number of nitrogens with zero attached hydrogens (tertiary/aromatic N) is 1. The number of piperidine rings is 1. The number of morpholine rings is 1. The van der Waals surface area contributed by atoms with Crippen LogP contribution in [-0.4, -0.2) is 62.3 Å². The van der Waals surface area contributed by atoms with Crippen LogP contribution < -0.4 is 10.6 Å². The van der Waals surface area contributed by atoms with Gasteiger partial charge in [0.25, 0.3) is 0 Å². The number of carbonyl (C=O) groups excluding carboxylic acids is 1. The van der Waals surface area contributed by atoms with Crippen LogP contribution in [0.15, 0.2) is 0 Å². The first-order valence-corrected chi connectivity index (χ1v) is 6.96. The summed E-state index contributed by atoms with van der Waals surface area (Å²) in [5.41, 5.74) is 0. The minimum Gasteiger partial charge on any atom is -0.378 e. The molecule has 7 heteroatoms. The van der Waals surface area contributed by atoms with Gasteiger partial charge in [-0.3, -0.25) is 4.79 Å². The summed E-state index contributed by atoms with van der Waals surface area (Å²) < 4.78 is 5.35. The molecule has 2 rings (SSSR count). The molecule has 0 aliphatic carbocycles. The number of hydrogen-bond donors (Lipinski definition) is 2. The van der Waals surface area contributed by atoms with Crippen LogP contribution in [0.2, 0.25) is 0 Å². The molecule has 120 valence electrons. The second kappa shape index (κ2) is 9.79. The molecule has 2 N–H and O–H groups in total. The van der Waals surface area contributed by atoms with Crippen LogP contribution in [0.1, 0.15) is 26.2 Å². The summed E-state index contributed by atoms with van der Waals surface area (Å²) in [7, 11) is 2.14. The first-order chi connectivity index (χ1) is 8.65. The maximum absolute atomic E-state index is 11.9. The lowest BCUT2D eigenvalue weighted by Crippen LogP contribution is -2.49. The molecule has 5 nitrogen and oxygen atoms in total. The third-order valence-corrected chi connectivity index (χ3v) is 4.00. The lowest BCUT2D eigenvalue weighted by molar-refractivity contribution is -0.123. The molecule has 20 heavy (non-hydrogen) atoms. The quantitative estimate of drug-likeness (QED) is 0.805. The van der Waals surface area contributed by atoms with E-state index in [2.05, 4.69) is 29.5 Å². The molecular weight excluding hydrogens is 301 g/mol. The summed E-state index contributed by atoms with van der Waals surface area (Å²) in [5, 5.41) is 6.46. The van der Waals surface area contributed by atoms with E-state index in [0.29, 0.717) is 25.1 Å². The lowest BCUT2D eigenvalue weighted by atomic mass is 9.98. The highest BCUT2D eigenvalue weighted by molar-refractivity contribution is 5.85. The zero-order chi connectivity index (χ0) is 13.0. The van der Waals surface area contributed by atoms with Crippen molar-refractivity contribution in [1.82, 2.24) is 15.5 Å². The summed E-state index contributed by atoms with van der Waals surface area (Å²) in [4.78, 5) is 14.3. The van der Waals surface area contributed by atoms with Crippen LogP contribution >= 0.6 is 24.8 Å². The predicted molar refractivity (Wildman–Crippen MR) is 85.0 cm³/mol. The summed E-state index contributed by atoms with van der Waals surface area (Å²) in [6.45, 7) is 5.54. The van der Waals surface area contributed by atoms with E-state index in [4.69, 9.17) is 4.74 Å². The van der Waals surface area contributed by atoms with Gasteiger partial charge in [0.1, 0.15) is 0 Å². The minimum absolute atomic E-state index is 0. The number of rotatable bonds is 3. The number of likely N-dealkylation sites (tertiary alicyclic amines) is 1. The van der Waals surface area contributed by atoms with Gasteiger partial charge in [0.15, 0.2) is 0 Å². The molecule has 3 unspecified atom stereocenters. The van der Waals surface area contributed by atoms with Crippen molar-refractivity contribution < 1.29 is 9.53 Å². The van der Waals surface area contributed by atoms with Gasteiger partial charge >= 0.3 is 0 Å². The van der Waals surface area contributed by atoms with Crippen molar-refractivity contribution in [2.45, 2.75) is 44.3 Å². The third kappa shape index (κ3) is 6.14. The van der Waals surface area contributed by atoms with Crippen molar-refractivity contribution in [1.29, 1.82) is 0 Å². The smallest absolute Gasteiger partial charge is 0.221 e. The van der Waals surface area contributed by atoms with Crippen LogP contribution in [0.5, 0.6) is 0 Å². The van der Waals surface area contributed by atoms with Crippen molar-refractivity contribution >= 4 is 30.7 Å². The zero-order valence-corrected chi connectivity index (χ0v) is 13.9. The van der Waals surface area contributed by atoms with Gasteiger partial charge in [-0.05, 0) is 26.8 Å². The summed E-state index contributed by atoms with van der Waals surface area (Å²) in [5.74, 6) is 0.153. The first kappa shape index (κ1) is 19.9. The van der Waals surface area contributed by atoms with Gasteiger partial charge in [0.2, 0.25) is 5.91 Å². The Labute approximate surface area is 134 Å². The van der Waals surface area contributed by atoms with Crippen molar-refractivity contribution in [2.75, 3.05) is 33.4 Å². The number of halogens is 2. The topological polar surface area (TPSA) is 53.6 Å². The molecule has 2 fully saturated rings. The highest BCUT2D eigenvalue weighted by Gasteiger charge is 2.25. The van der Waals surface area contributed by atoms with E-state index >= 15 is 0 Å². The Balaban J connectivity index is 0.00000180. The van der Waals surface area contributed by atoms with Gasteiger partial charge in [-0.15, -0.1) is 24.8 Å². The van der Waals surface area contributed by atoms with Crippen LogP contribution in [-0.2, 0) is 9.53 Å². The summed E-state index contributed by atoms with van der Waals surface area (Å²) in [6, 6.07) is 1.08. The molecule has 0 aromatic carbocycles. The van der Waals surface area contributed by atoms with Gasteiger partial charge in [0, 0.05) is 37.6 Å². The SMILES string of the molecule is CC1CC(NC(=O)CC2COCCN2)CCN1C.Cl.Cl. The molecule has 0 saturated carbocycles. The maximum atomic E-state index is 11.9. The largest absolute Gasteiger partial charge is 0.378 e. The fraction of sp³-hybridized carbons (Fsp3) is 0.923. The number of hydrogen-bond acceptors (Lipinski definition) is 4. The highest BCUT2D eigenvalue weighted by atomic mass is 35.5. The average molecular weight is 328 g/mol. The molecule has 0 radical (unpaired) electrons. The molecule has 0 aromatic heterocycles. The fourth-order valence-electron chi connectivity index (χ4n) is 2.68. The second-order valence-electron chi connectivity index (χ2n) is 5.55. The molecule has 2 heterocycles. The molecule has 2 aliphatic heterocycles. The molecule has 1 amide bonds. The zero-order valence-electron chi connectivity index (χ0n) is 12.3. The Kier molecular flexibility index (Phi) is 9.76. The van der Waals surface area contributed by atoms with Gasteiger partial charge in [-0.1, -0.05) is 0 Å². The van der Waals surface area contributed by atoms with Crippen LogP contribution in [0.25, 0.3) is 0 Å². The molecule has 2 saturated heterocycles. The standard InChI is InChI=1S/C13H25N3O2.2ClH/c1-10-7-11(3-5-16(10)2)15-13(17)8-12-9-18-6-4-14-12;;/h10-12,14H,3-9H2,1-2H3,(H,15,17);2*1H. The lowest BCUT2D eigenvalue weighted by Gasteiger charge is -2.35. The van der Waals surface area contributed by atoms with E-state index in [1.807, 2.05) is 0 Å². The molecule has 2 aliphatic rings. The van der Waals surface area contributed by atoms with E-state index in [9.17, 15) is 4.79 Å². The Morgan fingerprint density at radius 2 is 2.20 bits per heavy atom. The normalized spacial score (nSPS) is 30.8. The molecule has 0 bridgehead atoms. The van der Waals surface area contributed by atoms with Crippen molar-refractivity contribution in [2.24, 2.45) is 0 Å². The predicted octanol–water partition coefficient (Wildman–Crippen LogP) is 0.807. The Hall–Kier alpha value is -0.0700. The van der Waals surface area contributed by atoms with Gasteiger partial charge < -0.3 is 20.3 Å². The summed E-state index contributed by atoms with van der Waals surface area (Å²) >= 11 is 0. The summed E-state index contributed by atoms with van der Waals surface area (Å²) in [6.07, 6.45) is 2.64. The molecule has 0 aromatic rings. The van der Waals surface area contributed by atoms with E-state index in [1.54, 1.807) is 0 Å². The number of amides is 1. The monoisotopic (exact) mass is 327 g/mol. The molecule has 0 spiro atoms. The fourth-order valence-corrected chi connectivity index (χ4v) is 2.68. The van der Waals surface area contributed by atoms with E-state index in [-0.39, 0.29) is 36.8 Å². The molecule has 3 atom stereocenters. The number of ether oxygens (including phenoxy) is 1. The Morgan fingerprint density at radius 3 is 2.80 bits per heavy atom. The van der Waals surface area contributed by atoms with Gasteiger partial charge in [-0.25, -0.2) is 0 Å². The van der Waals surface area contributed by atoms with Crippen LogP contribution in [0.4, 0.5) is 0 Å². The number of nitrogens with one attached hydrogen (secondary N) is 2. The van der Waals surface area contributed by atoms with Gasteiger partial charge in [0.05, 0.1) is 13.2 Å². The van der Waals surface area contributed by atoms with E-state index in [1.165, 1.54) is 0 Å². The molecular formula is C13H27Cl2N3O2. The Morgan fingerprint density at radius 1 is 1.45 bits per heavy atom. The van der Waals surface area contributed by atoms with E-state index < -0.39 is 0 Å².